The molecule has 5 rings (SSSR count). The molecule has 1 aliphatic heterocycles. The number of fused-ring (bicyclic) bond motifs is 2. The Morgan fingerprint density at radius 2 is 1.84 bits per heavy atom. The lowest BCUT2D eigenvalue weighted by Crippen LogP contribution is -2.40. The number of aromatic nitrogens is 1. The van der Waals surface area contributed by atoms with Crippen LogP contribution in [-0.4, -0.2) is 31.4 Å². The molecular weight excluding hydrogens is 500 g/mol. The number of nitrogens with zero attached hydrogens (tertiary/aromatic N) is 2. The Bertz CT molecular complexity index is 1740. The fourth-order valence-corrected chi connectivity index (χ4v) is 5.81. The fourth-order valence-electron chi connectivity index (χ4n) is 4.77. The van der Waals surface area contributed by atoms with Gasteiger partial charge in [-0.05, 0) is 41.8 Å². The highest BCUT2D eigenvalue weighted by atomic mass is 32.1. The van der Waals surface area contributed by atoms with Crippen molar-refractivity contribution in [1.29, 1.82) is 0 Å². The molecule has 0 saturated carbocycles. The predicted molar refractivity (Wildman–Crippen MR) is 149 cm³/mol. The SMILES string of the molecule is CCCOc1c(OC)cccc1C1C(C(=O)OC)=C(C)N=c2s/c(=C/c3cccc4ccccc34)c(=O)n21. The van der Waals surface area contributed by atoms with Gasteiger partial charge in [-0.2, -0.15) is 0 Å². The van der Waals surface area contributed by atoms with Crippen LogP contribution in [0.4, 0.5) is 0 Å². The Morgan fingerprint density at radius 1 is 1.08 bits per heavy atom. The number of thiazole rings is 1. The highest BCUT2D eigenvalue weighted by Gasteiger charge is 2.35. The van der Waals surface area contributed by atoms with E-state index in [1.165, 1.54) is 18.4 Å². The Labute approximate surface area is 223 Å². The second-order valence-electron chi connectivity index (χ2n) is 8.87. The normalized spacial score (nSPS) is 15.3. The van der Waals surface area contributed by atoms with Crippen molar-refractivity contribution in [1.82, 2.24) is 4.57 Å². The summed E-state index contributed by atoms with van der Waals surface area (Å²) in [5, 5.41) is 2.14. The summed E-state index contributed by atoms with van der Waals surface area (Å²) in [5.74, 6) is 0.457. The van der Waals surface area contributed by atoms with Crippen LogP contribution >= 0.6 is 11.3 Å². The highest BCUT2D eigenvalue weighted by Crippen LogP contribution is 2.40. The van der Waals surface area contributed by atoms with Gasteiger partial charge in [-0.25, -0.2) is 9.79 Å². The molecule has 1 atom stereocenters. The summed E-state index contributed by atoms with van der Waals surface area (Å²) in [4.78, 5) is 32.3. The van der Waals surface area contributed by atoms with Crippen LogP contribution < -0.4 is 24.4 Å². The Hall–Kier alpha value is -4.17. The van der Waals surface area contributed by atoms with Crippen LogP contribution in [0.25, 0.3) is 16.8 Å². The van der Waals surface area contributed by atoms with Gasteiger partial charge in [0.05, 0.1) is 36.6 Å². The molecule has 194 valence electrons. The standard InChI is InChI=1S/C30H28N2O5S/c1-5-16-37-27-22(14-9-15-23(27)35-3)26-25(29(34)36-4)18(2)31-30-32(26)28(33)24(38-30)17-20-12-8-11-19-10-6-7-13-21(19)20/h6-15,17,26H,5,16H2,1-4H3/b24-17+. The molecule has 0 radical (unpaired) electrons. The zero-order valence-electron chi connectivity index (χ0n) is 21.7. The summed E-state index contributed by atoms with van der Waals surface area (Å²) >= 11 is 1.29. The van der Waals surface area contributed by atoms with Crippen LogP contribution in [0.5, 0.6) is 11.5 Å². The van der Waals surface area contributed by atoms with Crippen LogP contribution in [0, 0.1) is 0 Å². The van der Waals surface area contributed by atoms with E-state index in [1.54, 1.807) is 24.7 Å². The number of allylic oxidation sites excluding steroid dienone is 1. The molecule has 1 aromatic heterocycles. The molecule has 4 aromatic rings. The monoisotopic (exact) mass is 528 g/mol. The molecule has 38 heavy (non-hydrogen) atoms. The number of para-hydroxylation sites is 1. The van der Waals surface area contributed by atoms with E-state index in [-0.39, 0.29) is 11.1 Å². The second-order valence-corrected chi connectivity index (χ2v) is 9.88. The average Bonchev–Trinajstić information content (AvgIpc) is 3.24. The molecule has 8 heteroatoms. The first-order chi connectivity index (χ1) is 18.5. The largest absolute Gasteiger partial charge is 0.493 e. The lowest BCUT2D eigenvalue weighted by molar-refractivity contribution is -0.136. The fraction of sp³-hybridized carbons (Fsp3) is 0.233. The maximum absolute atomic E-state index is 14.0. The number of hydrogen-bond donors (Lipinski definition) is 0. The third kappa shape index (κ3) is 4.41. The van der Waals surface area contributed by atoms with Crippen LogP contribution in [0.15, 0.2) is 81.7 Å². The van der Waals surface area contributed by atoms with Gasteiger partial charge < -0.3 is 14.2 Å². The summed E-state index contributed by atoms with van der Waals surface area (Å²) in [5.41, 5.74) is 2.09. The molecular formula is C30H28N2O5S. The number of hydrogen-bond acceptors (Lipinski definition) is 7. The number of benzene rings is 3. The van der Waals surface area contributed by atoms with Crippen molar-refractivity contribution in [2.45, 2.75) is 26.3 Å². The van der Waals surface area contributed by atoms with Gasteiger partial charge in [0.25, 0.3) is 5.56 Å². The van der Waals surface area contributed by atoms with E-state index < -0.39 is 12.0 Å². The number of carbonyl (C=O) groups excluding carboxylic acids is 1. The molecule has 1 aliphatic rings. The zero-order chi connectivity index (χ0) is 26.8. The molecule has 7 nitrogen and oxygen atoms in total. The van der Waals surface area contributed by atoms with Gasteiger partial charge in [0.15, 0.2) is 16.3 Å². The van der Waals surface area contributed by atoms with Gasteiger partial charge in [0, 0.05) is 5.56 Å². The highest BCUT2D eigenvalue weighted by molar-refractivity contribution is 7.07. The first kappa shape index (κ1) is 25.5. The van der Waals surface area contributed by atoms with Crippen molar-refractivity contribution < 1.29 is 19.0 Å². The van der Waals surface area contributed by atoms with Crippen molar-refractivity contribution >= 4 is 34.2 Å². The second kappa shape index (κ2) is 10.7. The van der Waals surface area contributed by atoms with Crippen molar-refractivity contribution in [2.24, 2.45) is 4.99 Å². The topological polar surface area (TPSA) is 79.1 Å². The summed E-state index contributed by atoms with van der Waals surface area (Å²) in [6.45, 7) is 4.22. The third-order valence-electron chi connectivity index (χ3n) is 6.51. The number of methoxy groups -OCH3 is 2. The first-order valence-corrected chi connectivity index (χ1v) is 13.2. The van der Waals surface area contributed by atoms with Gasteiger partial charge in [-0.3, -0.25) is 9.36 Å². The lowest BCUT2D eigenvalue weighted by atomic mass is 9.94. The predicted octanol–water partition coefficient (Wildman–Crippen LogP) is 4.36. The van der Waals surface area contributed by atoms with E-state index in [9.17, 15) is 9.59 Å². The summed E-state index contributed by atoms with van der Waals surface area (Å²) in [7, 11) is 2.89. The van der Waals surface area contributed by atoms with Crippen molar-refractivity contribution in [3.05, 3.63) is 103 Å². The lowest BCUT2D eigenvalue weighted by Gasteiger charge is -2.26. The molecule has 0 saturated heterocycles. The third-order valence-corrected chi connectivity index (χ3v) is 7.49. The minimum atomic E-state index is -0.796. The molecule has 0 bridgehead atoms. The molecule has 0 fully saturated rings. The van der Waals surface area contributed by atoms with Gasteiger partial charge in [-0.15, -0.1) is 0 Å². The van der Waals surface area contributed by atoms with Crippen LogP contribution in [0.2, 0.25) is 0 Å². The van der Waals surface area contributed by atoms with E-state index in [2.05, 4.69) is 4.99 Å². The Balaban J connectivity index is 1.79. The first-order valence-electron chi connectivity index (χ1n) is 12.4. The quantitative estimate of drug-likeness (QED) is 0.333. The van der Waals surface area contributed by atoms with E-state index >= 15 is 0 Å². The van der Waals surface area contributed by atoms with Crippen LogP contribution in [0.1, 0.15) is 37.4 Å². The maximum Gasteiger partial charge on any atom is 0.338 e. The summed E-state index contributed by atoms with van der Waals surface area (Å²) in [6, 6.07) is 18.7. The van der Waals surface area contributed by atoms with Gasteiger partial charge in [-0.1, -0.05) is 72.9 Å². The van der Waals surface area contributed by atoms with E-state index in [1.807, 2.05) is 67.6 Å². The van der Waals surface area contributed by atoms with E-state index in [0.29, 0.717) is 38.7 Å². The minimum Gasteiger partial charge on any atom is -0.493 e. The summed E-state index contributed by atoms with van der Waals surface area (Å²) < 4.78 is 18.9. The molecule has 1 unspecified atom stereocenters. The van der Waals surface area contributed by atoms with Crippen LogP contribution in [0.3, 0.4) is 0 Å². The maximum atomic E-state index is 14.0. The van der Waals surface area contributed by atoms with E-state index in [4.69, 9.17) is 14.2 Å². The zero-order valence-corrected chi connectivity index (χ0v) is 22.5. The van der Waals surface area contributed by atoms with Crippen LogP contribution in [-0.2, 0) is 9.53 Å². The van der Waals surface area contributed by atoms with Crippen molar-refractivity contribution in [3.63, 3.8) is 0 Å². The molecule has 3 aromatic carbocycles. The average molecular weight is 529 g/mol. The molecule has 0 N–H and O–H groups in total. The number of ether oxygens (including phenoxy) is 3. The Morgan fingerprint density at radius 3 is 2.61 bits per heavy atom. The van der Waals surface area contributed by atoms with Crippen molar-refractivity contribution in [3.8, 4) is 11.5 Å². The molecule has 0 aliphatic carbocycles. The molecule has 0 amide bonds. The smallest absolute Gasteiger partial charge is 0.338 e. The number of rotatable bonds is 7. The van der Waals surface area contributed by atoms with Gasteiger partial charge in [0.1, 0.15) is 6.04 Å². The van der Waals surface area contributed by atoms with Gasteiger partial charge >= 0.3 is 5.97 Å². The number of carbonyl (C=O) groups is 1. The molecule has 2 heterocycles. The van der Waals surface area contributed by atoms with E-state index in [0.717, 1.165) is 22.8 Å². The molecule has 0 spiro atoms. The minimum absolute atomic E-state index is 0.246. The van der Waals surface area contributed by atoms with Gasteiger partial charge in [0.2, 0.25) is 0 Å². The van der Waals surface area contributed by atoms with Crippen molar-refractivity contribution in [2.75, 3.05) is 20.8 Å². The number of esters is 1. The summed E-state index contributed by atoms with van der Waals surface area (Å²) in [6.07, 6.45) is 2.67. The Kier molecular flexibility index (Phi) is 7.15.